The average molecular weight is 378 g/mol. The molecule has 0 fully saturated rings. The number of hydrogen-bond donors (Lipinski definition) is 5. The summed E-state index contributed by atoms with van der Waals surface area (Å²) in [6.07, 6.45) is 4.64. The van der Waals surface area contributed by atoms with Gasteiger partial charge in [0.2, 0.25) is 5.91 Å². The van der Waals surface area contributed by atoms with Crippen molar-refractivity contribution in [2.24, 2.45) is 0 Å². The highest BCUT2D eigenvalue weighted by molar-refractivity contribution is 5.75. The molecule has 0 saturated carbocycles. The van der Waals surface area contributed by atoms with E-state index in [1.807, 2.05) is 0 Å². The van der Waals surface area contributed by atoms with Gasteiger partial charge in [0.05, 0.1) is 6.61 Å². The smallest absolute Gasteiger partial charge is 0.222 e. The fourth-order valence-electron chi connectivity index (χ4n) is 2.83. The Morgan fingerprint density at radius 1 is 0.808 bits per heavy atom. The van der Waals surface area contributed by atoms with E-state index in [0.29, 0.717) is 6.42 Å². The maximum Gasteiger partial charge on any atom is 0.222 e. The zero-order valence-electron chi connectivity index (χ0n) is 16.4. The Hall–Kier alpha value is -0.730. The van der Waals surface area contributed by atoms with Crippen LogP contribution in [0.1, 0.15) is 71.1 Å². The number of hydrogen-bond acceptors (Lipinski definition) is 6. The minimum atomic E-state index is -1.67. The maximum absolute atomic E-state index is 12.0. The lowest BCUT2D eigenvalue weighted by Crippen LogP contribution is -2.49. The monoisotopic (exact) mass is 377 g/mol. The summed E-state index contributed by atoms with van der Waals surface area (Å²) < 4.78 is 0. The van der Waals surface area contributed by atoms with Crippen LogP contribution in [-0.2, 0) is 4.79 Å². The number of nitrogens with zero attached hydrogens (tertiary/aromatic N) is 1. The number of carbonyl (C=O) groups excluding carboxylic acids is 1. The molecule has 0 aliphatic carbocycles. The van der Waals surface area contributed by atoms with Crippen molar-refractivity contribution < 1.29 is 30.3 Å². The standard InChI is InChI=1S/C19H39NO6/c1-3-4-5-6-7-8-9-10-11-12-17(24)20(2)13-15(22)18(25)19(26)16(23)14-21/h15-16,18-19,21-23,25-26H,3-14H2,1-2H3/t15-,16-,18-,19-/m1/s1. The van der Waals surface area contributed by atoms with Crippen LogP contribution in [0.5, 0.6) is 0 Å². The van der Waals surface area contributed by atoms with E-state index in [-0.39, 0.29) is 12.5 Å². The summed E-state index contributed by atoms with van der Waals surface area (Å²) >= 11 is 0. The van der Waals surface area contributed by atoms with Gasteiger partial charge in [0.25, 0.3) is 0 Å². The maximum atomic E-state index is 12.0. The van der Waals surface area contributed by atoms with Crippen molar-refractivity contribution in [1.82, 2.24) is 4.90 Å². The van der Waals surface area contributed by atoms with Gasteiger partial charge in [0.15, 0.2) is 0 Å². The van der Waals surface area contributed by atoms with E-state index in [1.165, 1.54) is 50.5 Å². The van der Waals surface area contributed by atoms with Crippen molar-refractivity contribution in [3.05, 3.63) is 0 Å². The van der Waals surface area contributed by atoms with Crippen molar-refractivity contribution in [1.29, 1.82) is 0 Å². The van der Waals surface area contributed by atoms with E-state index in [4.69, 9.17) is 5.11 Å². The number of carbonyl (C=O) groups is 1. The van der Waals surface area contributed by atoms with E-state index in [1.54, 1.807) is 0 Å². The number of aliphatic hydroxyl groups excluding tert-OH is 5. The molecule has 7 heteroatoms. The van der Waals surface area contributed by atoms with Crippen LogP contribution in [0, 0.1) is 0 Å². The lowest BCUT2D eigenvalue weighted by atomic mass is 10.0. The number of unbranched alkanes of at least 4 members (excludes halogenated alkanes) is 8. The zero-order chi connectivity index (χ0) is 19.9. The normalized spacial score (nSPS) is 16.1. The third-order valence-electron chi connectivity index (χ3n) is 4.71. The molecule has 0 aliphatic rings. The summed E-state index contributed by atoms with van der Waals surface area (Å²) in [6, 6.07) is 0. The Labute approximate surface area is 157 Å². The van der Waals surface area contributed by atoms with Gasteiger partial charge in [-0.1, -0.05) is 58.3 Å². The highest BCUT2D eigenvalue weighted by Crippen LogP contribution is 2.12. The second-order valence-electron chi connectivity index (χ2n) is 7.15. The fourth-order valence-corrected chi connectivity index (χ4v) is 2.83. The van der Waals surface area contributed by atoms with E-state index in [9.17, 15) is 25.2 Å². The van der Waals surface area contributed by atoms with Gasteiger partial charge < -0.3 is 30.4 Å². The molecular formula is C19H39NO6. The van der Waals surface area contributed by atoms with Gasteiger partial charge in [-0.15, -0.1) is 0 Å². The van der Waals surface area contributed by atoms with Gasteiger partial charge in [0.1, 0.15) is 24.4 Å². The number of amides is 1. The van der Waals surface area contributed by atoms with Crippen LogP contribution in [0.25, 0.3) is 0 Å². The highest BCUT2D eigenvalue weighted by Gasteiger charge is 2.31. The van der Waals surface area contributed by atoms with Crippen molar-refractivity contribution >= 4 is 5.91 Å². The second-order valence-corrected chi connectivity index (χ2v) is 7.15. The summed E-state index contributed by atoms with van der Waals surface area (Å²) in [5, 5.41) is 47.3. The minimum absolute atomic E-state index is 0.128. The van der Waals surface area contributed by atoms with E-state index in [2.05, 4.69) is 6.92 Å². The van der Waals surface area contributed by atoms with E-state index in [0.717, 1.165) is 19.3 Å². The molecule has 4 atom stereocenters. The quantitative estimate of drug-likeness (QED) is 0.254. The molecule has 0 aromatic carbocycles. The molecule has 0 aromatic heterocycles. The topological polar surface area (TPSA) is 121 Å². The first kappa shape index (κ1) is 25.3. The van der Waals surface area contributed by atoms with Crippen LogP contribution in [0.2, 0.25) is 0 Å². The predicted octanol–water partition coefficient (Wildman–Crippen LogP) is 0.802. The molecule has 7 nitrogen and oxygen atoms in total. The molecule has 0 bridgehead atoms. The molecule has 26 heavy (non-hydrogen) atoms. The Balaban J connectivity index is 3.88. The molecule has 1 amide bonds. The molecule has 0 unspecified atom stereocenters. The Kier molecular flexibility index (Phi) is 14.9. The summed E-state index contributed by atoms with van der Waals surface area (Å²) in [5.41, 5.74) is 0. The molecule has 156 valence electrons. The largest absolute Gasteiger partial charge is 0.394 e. The van der Waals surface area contributed by atoms with Crippen LogP contribution in [-0.4, -0.2) is 81.0 Å². The molecule has 0 rings (SSSR count). The first-order valence-corrected chi connectivity index (χ1v) is 9.92. The van der Waals surface area contributed by atoms with Crippen LogP contribution in [0.4, 0.5) is 0 Å². The SMILES string of the molecule is CCCCCCCCCCCC(=O)N(C)C[C@@H](O)[C@@H](O)[C@H](O)[C@H](O)CO. The lowest BCUT2D eigenvalue weighted by Gasteiger charge is -2.28. The number of likely N-dealkylation sites (N-methyl/N-ethyl adjacent to an activating group) is 1. The molecule has 0 radical (unpaired) electrons. The van der Waals surface area contributed by atoms with Gasteiger partial charge >= 0.3 is 0 Å². The van der Waals surface area contributed by atoms with Gasteiger partial charge in [-0.3, -0.25) is 4.79 Å². The van der Waals surface area contributed by atoms with Crippen molar-refractivity contribution in [2.45, 2.75) is 95.5 Å². The molecule has 0 aliphatic heterocycles. The van der Waals surface area contributed by atoms with E-state index < -0.39 is 31.0 Å². The second kappa shape index (κ2) is 15.3. The van der Waals surface area contributed by atoms with Crippen LogP contribution >= 0.6 is 0 Å². The minimum Gasteiger partial charge on any atom is -0.394 e. The molecule has 0 aromatic rings. The van der Waals surface area contributed by atoms with Gasteiger partial charge in [-0.05, 0) is 6.42 Å². The van der Waals surface area contributed by atoms with Crippen molar-refractivity contribution in [2.75, 3.05) is 20.2 Å². The Morgan fingerprint density at radius 2 is 1.27 bits per heavy atom. The summed E-state index contributed by atoms with van der Waals surface area (Å²) in [5.74, 6) is -0.128. The number of rotatable bonds is 16. The molecule has 0 heterocycles. The summed E-state index contributed by atoms with van der Waals surface area (Å²) in [6.45, 7) is 1.33. The molecular weight excluding hydrogens is 338 g/mol. The molecule has 5 N–H and O–H groups in total. The predicted molar refractivity (Wildman–Crippen MR) is 101 cm³/mol. The zero-order valence-corrected chi connectivity index (χ0v) is 16.4. The number of aliphatic hydroxyl groups is 5. The van der Waals surface area contributed by atoms with Gasteiger partial charge in [0, 0.05) is 20.0 Å². The van der Waals surface area contributed by atoms with Gasteiger partial charge in [-0.25, -0.2) is 0 Å². The van der Waals surface area contributed by atoms with Crippen LogP contribution in [0.15, 0.2) is 0 Å². The van der Waals surface area contributed by atoms with Crippen molar-refractivity contribution in [3.63, 3.8) is 0 Å². The van der Waals surface area contributed by atoms with Crippen LogP contribution in [0.3, 0.4) is 0 Å². The third kappa shape index (κ3) is 11.1. The summed E-state index contributed by atoms with van der Waals surface area (Å²) in [7, 11) is 1.53. The molecule has 0 spiro atoms. The van der Waals surface area contributed by atoms with Gasteiger partial charge in [-0.2, -0.15) is 0 Å². The average Bonchev–Trinajstić information content (AvgIpc) is 2.64. The summed E-state index contributed by atoms with van der Waals surface area (Å²) in [4.78, 5) is 13.4. The van der Waals surface area contributed by atoms with Crippen molar-refractivity contribution in [3.8, 4) is 0 Å². The fraction of sp³-hybridized carbons (Fsp3) is 0.947. The Bertz CT molecular complexity index is 355. The molecule has 0 saturated heterocycles. The van der Waals surface area contributed by atoms with E-state index >= 15 is 0 Å². The Morgan fingerprint density at radius 3 is 1.77 bits per heavy atom. The lowest BCUT2D eigenvalue weighted by molar-refractivity contribution is -0.138. The van der Waals surface area contributed by atoms with Crippen LogP contribution < -0.4 is 0 Å². The first-order valence-electron chi connectivity index (χ1n) is 9.92. The highest BCUT2D eigenvalue weighted by atomic mass is 16.4. The first-order chi connectivity index (χ1) is 12.3. The third-order valence-corrected chi connectivity index (χ3v) is 4.71.